The van der Waals surface area contributed by atoms with E-state index in [0.717, 1.165) is 25.2 Å². The zero-order valence-electron chi connectivity index (χ0n) is 13.7. The van der Waals surface area contributed by atoms with Crippen LogP contribution in [0.15, 0.2) is 48.8 Å². The molecule has 6 heteroatoms. The maximum Gasteiger partial charge on any atom is 0.246 e. The van der Waals surface area contributed by atoms with Crippen molar-refractivity contribution in [1.29, 1.82) is 0 Å². The summed E-state index contributed by atoms with van der Waals surface area (Å²) in [4.78, 5) is 20.3. The summed E-state index contributed by atoms with van der Waals surface area (Å²) in [7, 11) is 0. The smallest absolute Gasteiger partial charge is 0.246 e. The first-order chi connectivity index (χ1) is 12.1. The molecule has 0 bridgehead atoms. The number of hydrogen-bond acceptors (Lipinski definition) is 3. The van der Waals surface area contributed by atoms with Gasteiger partial charge in [-0.25, -0.2) is 8.78 Å². The van der Waals surface area contributed by atoms with E-state index < -0.39 is 11.6 Å². The minimum absolute atomic E-state index is 0.189. The van der Waals surface area contributed by atoms with Gasteiger partial charge in [-0.05, 0) is 29.8 Å². The number of piperazine rings is 1. The second-order valence-corrected chi connectivity index (χ2v) is 5.93. The first-order valence-electron chi connectivity index (χ1n) is 8.16. The van der Waals surface area contributed by atoms with Crippen LogP contribution in [0.2, 0.25) is 0 Å². The van der Waals surface area contributed by atoms with Crippen LogP contribution in [0.3, 0.4) is 0 Å². The summed E-state index contributed by atoms with van der Waals surface area (Å²) in [6.07, 6.45) is 6.02. The van der Waals surface area contributed by atoms with Crippen molar-refractivity contribution in [3.8, 4) is 0 Å². The van der Waals surface area contributed by atoms with Gasteiger partial charge < -0.3 is 4.90 Å². The highest BCUT2D eigenvalue weighted by molar-refractivity contribution is 5.91. The number of rotatable bonds is 4. The van der Waals surface area contributed by atoms with Gasteiger partial charge in [0.05, 0.1) is 0 Å². The van der Waals surface area contributed by atoms with Crippen molar-refractivity contribution in [2.24, 2.45) is 0 Å². The van der Waals surface area contributed by atoms with E-state index >= 15 is 0 Å². The molecule has 0 N–H and O–H groups in total. The lowest BCUT2D eigenvalue weighted by Crippen LogP contribution is -2.47. The van der Waals surface area contributed by atoms with E-state index in [1.807, 2.05) is 18.3 Å². The third-order valence-corrected chi connectivity index (χ3v) is 4.21. The molecule has 130 valence electrons. The summed E-state index contributed by atoms with van der Waals surface area (Å²) in [5, 5.41) is 0. The van der Waals surface area contributed by atoms with Gasteiger partial charge in [-0.2, -0.15) is 0 Å². The van der Waals surface area contributed by atoms with E-state index in [4.69, 9.17) is 0 Å². The maximum absolute atomic E-state index is 13.6. The maximum atomic E-state index is 13.6. The van der Waals surface area contributed by atoms with Crippen molar-refractivity contribution in [3.63, 3.8) is 0 Å². The predicted molar refractivity (Wildman–Crippen MR) is 91.5 cm³/mol. The van der Waals surface area contributed by atoms with E-state index in [-0.39, 0.29) is 11.5 Å². The number of nitrogens with zero attached hydrogens (tertiary/aromatic N) is 3. The molecular weight excluding hydrogens is 324 g/mol. The number of pyridine rings is 1. The van der Waals surface area contributed by atoms with Gasteiger partial charge in [0, 0.05) is 56.8 Å². The minimum atomic E-state index is -0.676. The van der Waals surface area contributed by atoms with Crippen LogP contribution in [0, 0.1) is 11.6 Å². The van der Waals surface area contributed by atoms with Crippen molar-refractivity contribution in [2.75, 3.05) is 26.2 Å². The van der Waals surface area contributed by atoms with Gasteiger partial charge >= 0.3 is 0 Å². The Labute approximate surface area is 145 Å². The molecule has 3 rings (SSSR count). The van der Waals surface area contributed by atoms with Crippen molar-refractivity contribution < 1.29 is 13.6 Å². The molecular formula is C19H19F2N3O. The van der Waals surface area contributed by atoms with Crippen LogP contribution in [-0.2, 0) is 11.3 Å². The van der Waals surface area contributed by atoms with Gasteiger partial charge in [0.1, 0.15) is 11.6 Å². The Morgan fingerprint density at radius 3 is 2.44 bits per heavy atom. The van der Waals surface area contributed by atoms with Gasteiger partial charge in [0.15, 0.2) is 0 Å². The second kappa shape index (κ2) is 7.98. The van der Waals surface area contributed by atoms with Crippen LogP contribution in [0.5, 0.6) is 0 Å². The molecule has 0 aliphatic carbocycles. The van der Waals surface area contributed by atoms with Gasteiger partial charge in [-0.1, -0.05) is 12.1 Å². The van der Waals surface area contributed by atoms with Crippen molar-refractivity contribution >= 4 is 12.0 Å². The average Bonchev–Trinajstić information content (AvgIpc) is 2.62. The number of carbonyl (C=O) groups excluding carboxylic acids is 1. The quantitative estimate of drug-likeness (QED) is 0.801. The molecule has 1 saturated heterocycles. The lowest BCUT2D eigenvalue weighted by atomic mass is 10.1. The molecule has 1 aliphatic rings. The van der Waals surface area contributed by atoms with E-state index in [1.165, 1.54) is 30.4 Å². The highest BCUT2D eigenvalue weighted by atomic mass is 19.1. The van der Waals surface area contributed by atoms with Crippen LogP contribution >= 0.6 is 0 Å². The lowest BCUT2D eigenvalue weighted by molar-refractivity contribution is -0.127. The molecule has 2 heterocycles. The molecule has 0 radical (unpaired) electrons. The van der Waals surface area contributed by atoms with Crippen molar-refractivity contribution in [2.45, 2.75) is 6.54 Å². The predicted octanol–water partition coefficient (Wildman–Crippen LogP) is 2.72. The Balaban J connectivity index is 1.54. The SMILES string of the molecule is O=C(/C=C/c1c(F)cccc1F)N1CCN(Cc2cccnc2)CC1. The number of amides is 1. The molecule has 1 amide bonds. The number of hydrogen-bond donors (Lipinski definition) is 0. The van der Waals surface area contributed by atoms with Crippen molar-refractivity contribution in [3.05, 3.63) is 71.6 Å². The van der Waals surface area contributed by atoms with E-state index in [1.54, 1.807) is 11.1 Å². The summed E-state index contributed by atoms with van der Waals surface area (Å²) in [6, 6.07) is 7.57. The van der Waals surface area contributed by atoms with E-state index in [0.29, 0.717) is 13.1 Å². The van der Waals surface area contributed by atoms with Crippen molar-refractivity contribution in [1.82, 2.24) is 14.8 Å². The van der Waals surface area contributed by atoms with E-state index in [2.05, 4.69) is 9.88 Å². The largest absolute Gasteiger partial charge is 0.337 e. The van der Waals surface area contributed by atoms with Crippen LogP contribution in [-0.4, -0.2) is 46.9 Å². The zero-order chi connectivity index (χ0) is 17.6. The molecule has 1 aliphatic heterocycles. The summed E-state index contributed by atoms with van der Waals surface area (Å²) >= 11 is 0. The third-order valence-electron chi connectivity index (χ3n) is 4.21. The van der Waals surface area contributed by atoms with Gasteiger partial charge in [0.25, 0.3) is 0 Å². The fourth-order valence-corrected chi connectivity index (χ4v) is 2.81. The third kappa shape index (κ3) is 4.48. The standard InChI is InChI=1S/C19H19F2N3O/c20-17-4-1-5-18(21)16(17)6-7-19(25)24-11-9-23(10-12-24)14-15-3-2-8-22-13-15/h1-8,13H,9-12,14H2/b7-6+. The Hall–Kier alpha value is -2.60. The van der Waals surface area contributed by atoms with Gasteiger partial charge in [0.2, 0.25) is 5.91 Å². The first kappa shape index (κ1) is 17.2. The van der Waals surface area contributed by atoms with Crippen LogP contribution in [0.25, 0.3) is 6.08 Å². The van der Waals surface area contributed by atoms with Crippen LogP contribution in [0.1, 0.15) is 11.1 Å². The summed E-state index contributed by atoms with van der Waals surface area (Å²) < 4.78 is 27.1. The Kier molecular flexibility index (Phi) is 5.50. The Morgan fingerprint density at radius 1 is 1.08 bits per heavy atom. The average molecular weight is 343 g/mol. The molecule has 0 unspecified atom stereocenters. The summed E-state index contributed by atoms with van der Waals surface area (Å²) in [5.74, 6) is -1.58. The lowest BCUT2D eigenvalue weighted by Gasteiger charge is -2.34. The molecule has 25 heavy (non-hydrogen) atoms. The number of carbonyl (C=O) groups is 1. The normalized spacial score (nSPS) is 15.7. The fourth-order valence-electron chi connectivity index (χ4n) is 2.81. The molecule has 0 saturated carbocycles. The monoisotopic (exact) mass is 343 g/mol. The molecule has 1 fully saturated rings. The molecule has 4 nitrogen and oxygen atoms in total. The Morgan fingerprint density at radius 2 is 1.80 bits per heavy atom. The topological polar surface area (TPSA) is 36.4 Å². The molecule has 1 aromatic heterocycles. The van der Waals surface area contributed by atoms with Gasteiger partial charge in [-0.3, -0.25) is 14.7 Å². The molecule has 0 atom stereocenters. The fraction of sp³-hybridized carbons (Fsp3) is 0.263. The summed E-state index contributed by atoms with van der Waals surface area (Å²) in [6.45, 7) is 3.48. The number of benzene rings is 1. The number of aromatic nitrogens is 1. The minimum Gasteiger partial charge on any atom is -0.337 e. The van der Waals surface area contributed by atoms with Gasteiger partial charge in [-0.15, -0.1) is 0 Å². The molecule has 2 aromatic rings. The first-order valence-corrected chi connectivity index (χ1v) is 8.16. The van der Waals surface area contributed by atoms with Crippen LogP contribution < -0.4 is 0 Å². The highest BCUT2D eigenvalue weighted by Crippen LogP contribution is 2.14. The Bertz CT molecular complexity index is 736. The van der Waals surface area contributed by atoms with E-state index in [9.17, 15) is 13.6 Å². The molecule has 1 aromatic carbocycles. The highest BCUT2D eigenvalue weighted by Gasteiger charge is 2.19. The molecule has 0 spiro atoms. The zero-order valence-corrected chi connectivity index (χ0v) is 13.7. The van der Waals surface area contributed by atoms with Crippen LogP contribution in [0.4, 0.5) is 8.78 Å². The summed E-state index contributed by atoms with van der Waals surface area (Å²) in [5.41, 5.74) is 0.947. The number of halogens is 2. The second-order valence-electron chi connectivity index (χ2n) is 5.93.